The molecule has 2 aliphatic rings. The van der Waals surface area contributed by atoms with Crippen LogP contribution in [0, 0.1) is 0 Å². The van der Waals surface area contributed by atoms with Gasteiger partial charge in [0.2, 0.25) is 12.5 Å². The van der Waals surface area contributed by atoms with Crippen molar-refractivity contribution < 1.29 is 28.8 Å². The van der Waals surface area contributed by atoms with Gasteiger partial charge < -0.3 is 28.8 Å². The molecule has 0 saturated heterocycles. The van der Waals surface area contributed by atoms with Crippen molar-refractivity contribution in [1.82, 2.24) is 0 Å². The quantitative estimate of drug-likeness (QED) is 0.920. The Labute approximate surface area is 145 Å². The van der Waals surface area contributed by atoms with E-state index in [2.05, 4.69) is 0 Å². The molecule has 1 aliphatic heterocycles. The summed E-state index contributed by atoms with van der Waals surface area (Å²) in [6.07, 6.45) is 0.0326. The first-order valence-corrected chi connectivity index (χ1v) is 8.07. The van der Waals surface area contributed by atoms with E-state index < -0.39 is 6.10 Å². The molecule has 0 bridgehead atoms. The first-order valence-electron chi connectivity index (χ1n) is 8.07. The molecule has 1 N–H and O–H groups in total. The lowest BCUT2D eigenvalue weighted by atomic mass is 9.92. The Morgan fingerprint density at radius 2 is 1.48 bits per heavy atom. The largest absolute Gasteiger partial charge is 0.493 e. The molecule has 0 radical (unpaired) electrons. The fourth-order valence-electron chi connectivity index (χ4n) is 3.66. The average Bonchev–Trinajstić information content (AvgIpc) is 3.22. The lowest BCUT2D eigenvalue weighted by Gasteiger charge is -2.18. The van der Waals surface area contributed by atoms with Gasteiger partial charge in [-0.15, -0.1) is 0 Å². The highest BCUT2D eigenvalue weighted by atomic mass is 16.7. The van der Waals surface area contributed by atoms with Gasteiger partial charge >= 0.3 is 0 Å². The minimum atomic E-state index is -0.548. The van der Waals surface area contributed by atoms with Crippen LogP contribution in [0.25, 0.3) is 0 Å². The Morgan fingerprint density at radius 1 is 0.880 bits per heavy atom. The van der Waals surface area contributed by atoms with Crippen LogP contribution in [0.3, 0.4) is 0 Å². The van der Waals surface area contributed by atoms with E-state index in [1.807, 2.05) is 24.3 Å². The maximum absolute atomic E-state index is 10.5. The topological polar surface area (TPSA) is 66.4 Å². The predicted molar refractivity (Wildman–Crippen MR) is 90.1 cm³/mol. The minimum Gasteiger partial charge on any atom is -0.493 e. The standard InChI is InChI=1S/C19H20O6/c1-21-17-4-10(5-18(22-2)19(17)23-3)11-6-14(20)13-8-16-15(7-12(11)13)24-9-25-16/h4-5,7-8,11,14,20H,6,9H2,1-3H3/t11-,14-/m1/s1. The molecular formula is C19H20O6. The van der Waals surface area contributed by atoms with Gasteiger partial charge in [-0.05, 0) is 47.4 Å². The van der Waals surface area contributed by atoms with Crippen LogP contribution >= 0.6 is 0 Å². The third kappa shape index (κ3) is 2.44. The number of ether oxygens (including phenoxy) is 5. The molecule has 1 aliphatic carbocycles. The van der Waals surface area contributed by atoms with Gasteiger partial charge in [-0.1, -0.05) is 0 Å². The average molecular weight is 344 g/mol. The molecule has 0 amide bonds. The molecule has 0 unspecified atom stereocenters. The molecule has 6 heteroatoms. The molecule has 2 atom stereocenters. The molecule has 1 heterocycles. The van der Waals surface area contributed by atoms with Crippen molar-refractivity contribution in [3.05, 3.63) is 41.0 Å². The van der Waals surface area contributed by atoms with Crippen LogP contribution in [0.4, 0.5) is 0 Å². The van der Waals surface area contributed by atoms with E-state index in [1.54, 1.807) is 21.3 Å². The van der Waals surface area contributed by atoms with Crippen molar-refractivity contribution in [2.75, 3.05) is 28.1 Å². The number of aliphatic hydroxyl groups excluding tert-OH is 1. The number of aliphatic hydroxyl groups is 1. The lowest BCUT2D eigenvalue weighted by Crippen LogP contribution is -2.01. The first kappa shape index (κ1) is 15.9. The zero-order chi connectivity index (χ0) is 17.6. The van der Waals surface area contributed by atoms with Gasteiger partial charge in [-0.3, -0.25) is 0 Å². The van der Waals surface area contributed by atoms with Crippen molar-refractivity contribution in [3.8, 4) is 28.7 Å². The van der Waals surface area contributed by atoms with Gasteiger partial charge in [0.05, 0.1) is 27.4 Å². The maximum atomic E-state index is 10.5. The van der Waals surface area contributed by atoms with Crippen LogP contribution in [0.1, 0.15) is 35.1 Å². The van der Waals surface area contributed by atoms with Gasteiger partial charge in [0.15, 0.2) is 23.0 Å². The Kier molecular flexibility index (Phi) is 3.84. The SMILES string of the molecule is COc1cc([C@H]2C[C@@H](O)c3cc4c(cc32)OCO4)cc(OC)c1OC. The molecular weight excluding hydrogens is 324 g/mol. The normalized spacial score (nSPS) is 20.3. The van der Waals surface area contributed by atoms with Crippen molar-refractivity contribution in [1.29, 1.82) is 0 Å². The Bertz CT molecular complexity index is 791. The van der Waals surface area contributed by atoms with E-state index in [1.165, 1.54) is 0 Å². The number of benzene rings is 2. The summed E-state index contributed by atoms with van der Waals surface area (Å²) in [5, 5.41) is 10.5. The van der Waals surface area contributed by atoms with Crippen molar-refractivity contribution >= 4 is 0 Å². The van der Waals surface area contributed by atoms with E-state index in [4.69, 9.17) is 23.7 Å². The highest BCUT2D eigenvalue weighted by Crippen LogP contribution is 2.51. The Hall–Kier alpha value is -2.60. The minimum absolute atomic E-state index is 0.00760. The van der Waals surface area contributed by atoms with Crippen LogP contribution in [-0.4, -0.2) is 33.2 Å². The number of rotatable bonds is 4. The highest BCUT2D eigenvalue weighted by molar-refractivity contribution is 5.59. The molecule has 0 fully saturated rings. The summed E-state index contributed by atoms with van der Waals surface area (Å²) in [5.74, 6) is 3.15. The summed E-state index contributed by atoms with van der Waals surface area (Å²) >= 11 is 0. The van der Waals surface area contributed by atoms with Gasteiger partial charge in [-0.2, -0.15) is 0 Å². The summed E-state index contributed by atoms with van der Waals surface area (Å²) in [6, 6.07) is 7.69. The molecule has 2 aromatic rings. The molecule has 0 saturated carbocycles. The second kappa shape index (κ2) is 6.04. The molecule has 132 valence electrons. The summed E-state index contributed by atoms with van der Waals surface area (Å²) in [5.41, 5.74) is 2.90. The maximum Gasteiger partial charge on any atom is 0.231 e. The Balaban J connectivity index is 1.82. The number of fused-ring (bicyclic) bond motifs is 2. The first-order chi connectivity index (χ1) is 12.2. The lowest BCUT2D eigenvalue weighted by molar-refractivity contribution is 0.169. The zero-order valence-corrected chi connectivity index (χ0v) is 14.4. The molecule has 0 spiro atoms. The smallest absolute Gasteiger partial charge is 0.231 e. The summed E-state index contributed by atoms with van der Waals surface area (Å²) in [6.45, 7) is 0.211. The molecule has 0 aromatic heterocycles. The fraction of sp³-hybridized carbons (Fsp3) is 0.368. The molecule has 6 nitrogen and oxygen atoms in total. The Morgan fingerprint density at radius 3 is 2.04 bits per heavy atom. The summed E-state index contributed by atoms with van der Waals surface area (Å²) in [7, 11) is 4.77. The van der Waals surface area contributed by atoms with Gasteiger partial charge in [0.25, 0.3) is 0 Å². The number of hydrogen-bond acceptors (Lipinski definition) is 6. The van der Waals surface area contributed by atoms with E-state index in [0.29, 0.717) is 35.2 Å². The third-order valence-electron chi connectivity index (χ3n) is 4.86. The number of hydrogen-bond donors (Lipinski definition) is 1. The number of methoxy groups -OCH3 is 3. The van der Waals surface area contributed by atoms with Crippen molar-refractivity contribution in [3.63, 3.8) is 0 Å². The van der Waals surface area contributed by atoms with Gasteiger partial charge in [0.1, 0.15) is 0 Å². The van der Waals surface area contributed by atoms with E-state index >= 15 is 0 Å². The second-order valence-corrected chi connectivity index (χ2v) is 6.10. The summed E-state index contributed by atoms with van der Waals surface area (Å²) < 4.78 is 27.2. The zero-order valence-electron chi connectivity index (χ0n) is 14.4. The second-order valence-electron chi connectivity index (χ2n) is 6.10. The molecule has 4 rings (SSSR count). The molecule has 25 heavy (non-hydrogen) atoms. The van der Waals surface area contributed by atoms with Gasteiger partial charge in [0, 0.05) is 5.92 Å². The molecule has 2 aromatic carbocycles. The highest BCUT2D eigenvalue weighted by Gasteiger charge is 2.34. The summed E-state index contributed by atoms with van der Waals surface area (Å²) in [4.78, 5) is 0. The van der Waals surface area contributed by atoms with Gasteiger partial charge in [-0.25, -0.2) is 0 Å². The third-order valence-corrected chi connectivity index (χ3v) is 4.86. The monoisotopic (exact) mass is 344 g/mol. The van der Waals surface area contributed by atoms with E-state index in [0.717, 1.165) is 16.7 Å². The van der Waals surface area contributed by atoms with Crippen molar-refractivity contribution in [2.45, 2.75) is 18.4 Å². The van der Waals surface area contributed by atoms with Crippen molar-refractivity contribution in [2.24, 2.45) is 0 Å². The van der Waals surface area contributed by atoms with E-state index in [9.17, 15) is 5.11 Å². The fourth-order valence-corrected chi connectivity index (χ4v) is 3.66. The van der Waals surface area contributed by atoms with Crippen LogP contribution in [-0.2, 0) is 0 Å². The van der Waals surface area contributed by atoms with Crippen LogP contribution in [0.15, 0.2) is 24.3 Å². The van der Waals surface area contributed by atoms with Crippen LogP contribution in [0.2, 0.25) is 0 Å². The predicted octanol–water partition coefficient (Wildman–Crippen LogP) is 3.01. The van der Waals surface area contributed by atoms with E-state index in [-0.39, 0.29) is 12.7 Å². The van der Waals surface area contributed by atoms with Crippen LogP contribution in [0.5, 0.6) is 28.7 Å². The van der Waals surface area contributed by atoms with Crippen LogP contribution < -0.4 is 23.7 Å².